The maximum Gasteiger partial charge on any atom is 0.262 e. The molecule has 0 bridgehead atoms. The Morgan fingerprint density at radius 1 is 1.20 bits per heavy atom. The fourth-order valence-electron chi connectivity index (χ4n) is 2.19. The summed E-state index contributed by atoms with van der Waals surface area (Å²) in [4.78, 5) is 11.4. The highest BCUT2D eigenvalue weighted by molar-refractivity contribution is 7.89. The molecule has 1 heterocycles. The Bertz CT molecular complexity index is 884. The minimum Gasteiger partial charge on any atom is -0.492 e. The summed E-state index contributed by atoms with van der Waals surface area (Å²) in [6.07, 6.45) is 0. The van der Waals surface area contributed by atoms with E-state index >= 15 is 0 Å². The van der Waals surface area contributed by atoms with Crippen molar-refractivity contribution in [2.45, 2.75) is 4.90 Å². The van der Waals surface area contributed by atoms with Gasteiger partial charge in [-0.15, -0.1) is 0 Å². The second-order valence-electron chi connectivity index (χ2n) is 5.19. The molecule has 0 fully saturated rings. The quantitative estimate of drug-likeness (QED) is 0.745. The molecule has 25 heavy (non-hydrogen) atoms. The molecule has 0 aliphatic carbocycles. The van der Waals surface area contributed by atoms with E-state index < -0.39 is 10.0 Å². The zero-order valence-electron chi connectivity index (χ0n) is 13.0. The summed E-state index contributed by atoms with van der Waals surface area (Å²) in [5.41, 5.74) is 0.330. The number of halogens is 1. The Balaban J connectivity index is 1.59. The highest BCUT2D eigenvalue weighted by Gasteiger charge is 2.20. The number of benzene rings is 2. The van der Waals surface area contributed by atoms with Gasteiger partial charge < -0.3 is 14.8 Å². The molecule has 2 N–H and O–H groups in total. The molecular weight excluding hydrogens is 368 g/mol. The van der Waals surface area contributed by atoms with Crippen LogP contribution in [0.5, 0.6) is 11.5 Å². The minimum atomic E-state index is -3.73. The number of ether oxygens (including phenoxy) is 2. The summed E-state index contributed by atoms with van der Waals surface area (Å²) in [6.45, 7) is 0.163. The van der Waals surface area contributed by atoms with Gasteiger partial charge in [-0.25, -0.2) is 13.1 Å². The molecule has 2 aromatic rings. The summed E-state index contributed by atoms with van der Waals surface area (Å²) in [6, 6.07) is 11.0. The van der Waals surface area contributed by atoms with Gasteiger partial charge in [0, 0.05) is 11.6 Å². The number of rotatable bonds is 6. The summed E-state index contributed by atoms with van der Waals surface area (Å²) in [5.74, 6) is 0.702. The molecule has 1 amide bonds. The largest absolute Gasteiger partial charge is 0.492 e. The molecule has 132 valence electrons. The Labute approximate surface area is 149 Å². The number of anilines is 1. The van der Waals surface area contributed by atoms with Crippen LogP contribution >= 0.6 is 11.6 Å². The third-order valence-corrected chi connectivity index (χ3v) is 5.08. The third-order valence-electron chi connectivity index (χ3n) is 3.37. The van der Waals surface area contributed by atoms with Crippen LogP contribution in [0.15, 0.2) is 47.4 Å². The van der Waals surface area contributed by atoms with Crippen molar-refractivity contribution in [3.63, 3.8) is 0 Å². The van der Waals surface area contributed by atoms with E-state index in [1.165, 1.54) is 18.2 Å². The van der Waals surface area contributed by atoms with Gasteiger partial charge in [-0.3, -0.25) is 4.79 Å². The van der Waals surface area contributed by atoms with Crippen LogP contribution in [0, 0.1) is 0 Å². The van der Waals surface area contributed by atoms with Crippen molar-refractivity contribution in [3.05, 3.63) is 47.5 Å². The normalized spacial score (nSPS) is 13.6. The highest BCUT2D eigenvalue weighted by atomic mass is 35.5. The fraction of sp³-hybridized carbons (Fsp3) is 0.188. The maximum atomic E-state index is 12.3. The number of carbonyl (C=O) groups is 1. The topological polar surface area (TPSA) is 93.7 Å². The summed E-state index contributed by atoms with van der Waals surface area (Å²) in [5, 5.41) is 3.17. The first kappa shape index (κ1) is 17.5. The van der Waals surface area contributed by atoms with Crippen LogP contribution in [-0.2, 0) is 14.8 Å². The van der Waals surface area contributed by atoms with Gasteiger partial charge in [0.05, 0.1) is 10.6 Å². The van der Waals surface area contributed by atoms with Crippen molar-refractivity contribution in [3.8, 4) is 11.5 Å². The smallest absolute Gasteiger partial charge is 0.262 e. The molecule has 0 atom stereocenters. The number of carbonyl (C=O) groups excluding carboxylic acids is 1. The van der Waals surface area contributed by atoms with E-state index in [0.29, 0.717) is 22.2 Å². The van der Waals surface area contributed by atoms with Gasteiger partial charge in [0.1, 0.15) is 18.1 Å². The Morgan fingerprint density at radius 2 is 1.96 bits per heavy atom. The summed E-state index contributed by atoms with van der Waals surface area (Å²) < 4.78 is 37.7. The van der Waals surface area contributed by atoms with Crippen LogP contribution in [-0.4, -0.2) is 34.1 Å². The number of sulfonamides is 1. The van der Waals surface area contributed by atoms with Gasteiger partial charge in [0.2, 0.25) is 10.0 Å². The van der Waals surface area contributed by atoms with Crippen molar-refractivity contribution >= 4 is 33.2 Å². The van der Waals surface area contributed by atoms with Crippen LogP contribution < -0.4 is 19.5 Å². The molecule has 0 radical (unpaired) electrons. The lowest BCUT2D eigenvalue weighted by atomic mass is 10.2. The molecule has 0 saturated carbocycles. The van der Waals surface area contributed by atoms with Gasteiger partial charge >= 0.3 is 0 Å². The third kappa shape index (κ3) is 4.41. The van der Waals surface area contributed by atoms with E-state index in [1.54, 1.807) is 24.3 Å². The fourth-order valence-corrected chi connectivity index (χ4v) is 3.35. The molecule has 3 rings (SSSR count). The molecule has 2 aromatic carbocycles. The number of fused-ring (bicyclic) bond motifs is 1. The molecular formula is C16H15ClN2O5S. The van der Waals surface area contributed by atoms with Gasteiger partial charge in [0.15, 0.2) is 6.61 Å². The van der Waals surface area contributed by atoms with E-state index in [2.05, 4.69) is 10.0 Å². The highest BCUT2D eigenvalue weighted by Crippen LogP contribution is 2.29. The standard InChI is InChI=1S/C16H15ClN2O5S/c17-11-1-3-12(4-2-11)23-8-7-18-25(21,22)13-5-6-15-14(9-13)19-16(20)10-24-15/h1-6,9,18H,7-8,10H2,(H,19,20). The van der Waals surface area contributed by atoms with Gasteiger partial charge in [-0.05, 0) is 42.5 Å². The molecule has 1 aliphatic heterocycles. The first-order valence-electron chi connectivity index (χ1n) is 7.39. The molecule has 9 heteroatoms. The Kier molecular flexibility index (Phi) is 5.12. The number of amides is 1. The van der Waals surface area contributed by atoms with Crippen molar-refractivity contribution in [1.82, 2.24) is 4.72 Å². The Hall–Kier alpha value is -2.29. The van der Waals surface area contributed by atoms with Crippen molar-refractivity contribution in [1.29, 1.82) is 0 Å². The number of hydrogen-bond donors (Lipinski definition) is 2. The SMILES string of the molecule is O=C1COc2ccc(S(=O)(=O)NCCOc3ccc(Cl)cc3)cc2N1. The first-order chi connectivity index (χ1) is 11.9. The second-order valence-corrected chi connectivity index (χ2v) is 7.40. The molecule has 0 aromatic heterocycles. The second kappa shape index (κ2) is 7.30. The van der Waals surface area contributed by atoms with Crippen LogP contribution in [0.3, 0.4) is 0 Å². The average molecular weight is 383 g/mol. The van der Waals surface area contributed by atoms with E-state index in [-0.39, 0.29) is 30.6 Å². The number of hydrogen-bond acceptors (Lipinski definition) is 5. The predicted molar refractivity (Wildman–Crippen MR) is 92.7 cm³/mol. The lowest BCUT2D eigenvalue weighted by Gasteiger charge is -2.18. The van der Waals surface area contributed by atoms with Gasteiger partial charge in [-0.2, -0.15) is 0 Å². The van der Waals surface area contributed by atoms with Crippen molar-refractivity contribution in [2.75, 3.05) is 25.1 Å². The Morgan fingerprint density at radius 3 is 2.72 bits per heavy atom. The minimum absolute atomic E-state index is 0.0311. The summed E-state index contributed by atoms with van der Waals surface area (Å²) >= 11 is 5.78. The molecule has 0 saturated heterocycles. The monoisotopic (exact) mass is 382 g/mol. The number of nitrogens with one attached hydrogen (secondary N) is 2. The van der Waals surface area contributed by atoms with E-state index in [4.69, 9.17) is 21.1 Å². The first-order valence-corrected chi connectivity index (χ1v) is 9.25. The lowest BCUT2D eigenvalue weighted by Crippen LogP contribution is -2.29. The molecule has 7 nitrogen and oxygen atoms in total. The van der Waals surface area contributed by atoms with Crippen LogP contribution in [0.25, 0.3) is 0 Å². The van der Waals surface area contributed by atoms with Gasteiger partial charge in [-0.1, -0.05) is 11.6 Å². The molecule has 0 spiro atoms. The van der Waals surface area contributed by atoms with E-state index in [0.717, 1.165) is 0 Å². The summed E-state index contributed by atoms with van der Waals surface area (Å²) in [7, 11) is -3.73. The molecule has 1 aliphatic rings. The zero-order chi connectivity index (χ0) is 17.9. The van der Waals surface area contributed by atoms with E-state index in [9.17, 15) is 13.2 Å². The van der Waals surface area contributed by atoms with Crippen LogP contribution in [0.4, 0.5) is 5.69 Å². The average Bonchev–Trinajstić information content (AvgIpc) is 2.59. The van der Waals surface area contributed by atoms with Crippen LogP contribution in [0.1, 0.15) is 0 Å². The van der Waals surface area contributed by atoms with E-state index in [1.807, 2.05) is 0 Å². The van der Waals surface area contributed by atoms with Crippen molar-refractivity contribution in [2.24, 2.45) is 0 Å². The van der Waals surface area contributed by atoms with Crippen molar-refractivity contribution < 1.29 is 22.7 Å². The molecule has 0 unspecified atom stereocenters. The lowest BCUT2D eigenvalue weighted by molar-refractivity contribution is -0.118. The van der Waals surface area contributed by atoms with Crippen LogP contribution in [0.2, 0.25) is 5.02 Å². The van der Waals surface area contributed by atoms with Gasteiger partial charge in [0.25, 0.3) is 5.91 Å². The maximum absolute atomic E-state index is 12.3. The zero-order valence-corrected chi connectivity index (χ0v) is 14.6. The predicted octanol–water partition coefficient (Wildman–Crippen LogP) is 2.03.